The lowest BCUT2D eigenvalue weighted by Crippen LogP contribution is -2.53. The minimum absolute atomic E-state index is 0. The van der Waals surface area contributed by atoms with E-state index >= 15 is 0 Å². The number of aliphatic imine (C=N–C) groups is 1. The van der Waals surface area contributed by atoms with Gasteiger partial charge >= 0.3 is 0 Å². The lowest BCUT2D eigenvalue weighted by atomic mass is 10.00. The Kier molecular flexibility index (Phi) is 10.0. The number of carbonyl (C=O) groups is 1. The predicted octanol–water partition coefficient (Wildman–Crippen LogP) is 2.66. The van der Waals surface area contributed by atoms with Crippen LogP contribution >= 0.6 is 24.0 Å². The number of benzene rings is 1. The molecule has 1 aromatic rings. The summed E-state index contributed by atoms with van der Waals surface area (Å²) in [6.45, 7) is 8.32. The zero-order valence-electron chi connectivity index (χ0n) is 18.5. The first-order valence-electron chi connectivity index (χ1n) is 10.7. The van der Waals surface area contributed by atoms with Crippen LogP contribution in [0.25, 0.3) is 0 Å². The van der Waals surface area contributed by atoms with Crippen LogP contribution in [0.2, 0.25) is 0 Å². The Balaban J connectivity index is 0.00000320. The monoisotopic (exact) mass is 529 g/mol. The molecule has 2 aliphatic rings. The van der Waals surface area contributed by atoms with Gasteiger partial charge in [-0.2, -0.15) is 0 Å². The molecule has 30 heavy (non-hydrogen) atoms. The fraction of sp³-hybridized carbons (Fsp3) is 0.636. The Bertz CT molecular complexity index is 707. The standard InChI is InChI=1S/C22H35N5O2.HI/c1-18-6-5-11-27(17-18)21(28)9-10-24-22(23-2)26-14-12-25(13-15-26)19-7-4-8-20(16-19)29-3;/h4,7-8,16,18H,5-6,9-15,17H2,1-3H3,(H,23,24);1H. The summed E-state index contributed by atoms with van der Waals surface area (Å²) in [5, 5.41) is 3.38. The molecule has 1 amide bonds. The number of rotatable bonds is 5. The number of guanidine groups is 1. The number of methoxy groups -OCH3 is 1. The second-order valence-electron chi connectivity index (χ2n) is 7.99. The van der Waals surface area contributed by atoms with E-state index in [0.717, 1.165) is 57.4 Å². The maximum Gasteiger partial charge on any atom is 0.224 e. The number of hydrogen-bond acceptors (Lipinski definition) is 4. The molecule has 0 aromatic heterocycles. The van der Waals surface area contributed by atoms with Gasteiger partial charge in [-0.3, -0.25) is 9.79 Å². The predicted molar refractivity (Wildman–Crippen MR) is 133 cm³/mol. The van der Waals surface area contributed by atoms with Gasteiger partial charge in [-0.25, -0.2) is 0 Å². The largest absolute Gasteiger partial charge is 0.497 e. The molecule has 8 heteroatoms. The van der Waals surface area contributed by atoms with Crippen molar-refractivity contribution in [1.29, 1.82) is 0 Å². The van der Waals surface area contributed by atoms with Crippen molar-refractivity contribution in [3.8, 4) is 5.75 Å². The molecule has 0 saturated carbocycles. The molecule has 2 saturated heterocycles. The third-order valence-corrected chi connectivity index (χ3v) is 5.84. The number of piperazine rings is 1. The van der Waals surface area contributed by atoms with Crippen LogP contribution in [0.15, 0.2) is 29.3 Å². The van der Waals surface area contributed by atoms with Gasteiger partial charge in [0.15, 0.2) is 5.96 Å². The van der Waals surface area contributed by atoms with E-state index in [1.54, 1.807) is 7.11 Å². The quantitative estimate of drug-likeness (QED) is 0.361. The molecule has 0 spiro atoms. The average molecular weight is 529 g/mol. The summed E-state index contributed by atoms with van der Waals surface area (Å²) in [7, 11) is 3.51. The van der Waals surface area contributed by atoms with E-state index in [1.807, 2.05) is 24.1 Å². The highest BCUT2D eigenvalue weighted by Gasteiger charge is 2.22. The van der Waals surface area contributed by atoms with Crippen molar-refractivity contribution >= 4 is 41.5 Å². The number of likely N-dealkylation sites (tertiary alicyclic amines) is 1. The lowest BCUT2D eigenvalue weighted by Gasteiger charge is -2.37. The van der Waals surface area contributed by atoms with Crippen LogP contribution in [-0.2, 0) is 4.79 Å². The summed E-state index contributed by atoms with van der Waals surface area (Å²) >= 11 is 0. The van der Waals surface area contributed by atoms with Crippen LogP contribution in [0, 0.1) is 5.92 Å². The van der Waals surface area contributed by atoms with Gasteiger partial charge in [0, 0.05) is 71.0 Å². The Labute approximate surface area is 197 Å². The SMILES string of the molecule is CN=C(NCCC(=O)N1CCCC(C)C1)N1CCN(c2cccc(OC)c2)CC1.I. The first-order valence-corrected chi connectivity index (χ1v) is 10.7. The van der Waals surface area contributed by atoms with Gasteiger partial charge in [0.25, 0.3) is 0 Å². The second kappa shape index (κ2) is 12.2. The van der Waals surface area contributed by atoms with Gasteiger partial charge in [0.1, 0.15) is 5.75 Å². The van der Waals surface area contributed by atoms with E-state index in [9.17, 15) is 4.79 Å². The zero-order chi connectivity index (χ0) is 20.6. The number of carbonyl (C=O) groups excluding carboxylic acids is 1. The molecule has 0 aliphatic carbocycles. The average Bonchev–Trinajstić information content (AvgIpc) is 2.77. The molecule has 1 unspecified atom stereocenters. The summed E-state index contributed by atoms with van der Waals surface area (Å²) in [5.74, 6) is 2.64. The Morgan fingerprint density at radius 3 is 2.63 bits per heavy atom. The number of ether oxygens (including phenoxy) is 1. The Morgan fingerprint density at radius 2 is 1.97 bits per heavy atom. The normalized spacial score (nSPS) is 19.9. The van der Waals surface area contributed by atoms with E-state index in [2.05, 4.69) is 39.2 Å². The summed E-state index contributed by atoms with van der Waals surface area (Å²) in [6, 6.07) is 8.20. The summed E-state index contributed by atoms with van der Waals surface area (Å²) < 4.78 is 5.34. The van der Waals surface area contributed by atoms with Crippen molar-refractivity contribution in [3.63, 3.8) is 0 Å². The molecule has 2 heterocycles. The van der Waals surface area contributed by atoms with Crippen LogP contribution in [-0.4, -0.2) is 81.6 Å². The highest BCUT2D eigenvalue weighted by Crippen LogP contribution is 2.22. The number of amides is 1. The molecular formula is C22H36IN5O2. The minimum Gasteiger partial charge on any atom is -0.497 e. The maximum absolute atomic E-state index is 12.5. The van der Waals surface area contributed by atoms with E-state index in [-0.39, 0.29) is 29.9 Å². The molecule has 2 fully saturated rings. The van der Waals surface area contributed by atoms with E-state index in [4.69, 9.17) is 4.74 Å². The number of piperidine rings is 1. The highest BCUT2D eigenvalue weighted by atomic mass is 127. The zero-order valence-corrected chi connectivity index (χ0v) is 20.8. The maximum atomic E-state index is 12.5. The molecule has 3 rings (SSSR count). The number of nitrogens with one attached hydrogen (secondary N) is 1. The van der Waals surface area contributed by atoms with Crippen LogP contribution in [0.4, 0.5) is 5.69 Å². The van der Waals surface area contributed by atoms with E-state index in [0.29, 0.717) is 18.9 Å². The number of halogens is 1. The van der Waals surface area contributed by atoms with Crippen molar-refractivity contribution in [2.75, 3.05) is 64.9 Å². The van der Waals surface area contributed by atoms with Crippen molar-refractivity contribution in [2.45, 2.75) is 26.2 Å². The van der Waals surface area contributed by atoms with E-state index < -0.39 is 0 Å². The smallest absolute Gasteiger partial charge is 0.224 e. The summed E-state index contributed by atoms with van der Waals surface area (Å²) in [5.41, 5.74) is 1.19. The van der Waals surface area contributed by atoms with Gasteiger partial charge in [0.2, 0.25) is 5.91 Å². The summed E-state index contributed by atoms with van der Waals surface area (Å²) in [4.78, 5) is 23.5. The topological polar surface area (TPSA) is 60.4 Å². The van der Waals surface area contributed by atoms with Crippen LogP contribution in [0.1, 0.15) is 26.2 Å². The molecular weight excluding hydrogens is 493 g/mol. The molecule has 1 N–H and O–H groups in total. The molecule has 1 atom stereocenters. The minimum atomic E-state index is 0. The Hall–Kier alpha value is -1.71. The van der Waals surface area contributed by atoms with Crippen molar-refractivity contribution in [1.82, 2.24) is 15.1 Å². The fourth-order valence-corrected chi connectivity index (χ4v) is 4.17. The Morgan fingerprint density at radius 1 is 1.20 bits per heavy atom. The first kappa shape index (κ1) is 24.6. The van der Waals surface area contributed by atoms with Gasteiger partial charge < -0.3 is 24.8 Å². The van der Waals surface area contributed by atoms with Gasteiger partial charge in [-0.15, -0.1) is 24.0 Å². The number of nitrogens with zero attached hydrogens (tertiary/aromatic N) is 4. The van der Waals surface area contributed by atoms with Crippen molar-refractivity contribution in [2.24, 2.45) is 10.9 Å². The second-order valence-corrected chi connectivity index (χ2v) is 7.99. The first-order chi connectivity index (χ1) is 14.1. The molecule has 1 aromatic carbocycles. The third kappa shape index (κ3) is 6.65. The number of anilines is 1. The molecule has 0 radical (unpaired) electrons. The van der Waals surface area contributed by atoms with Crippen molar-refractivity contribution < 1.29 is 9.53 Å². The van der Waals surface area contributed by atoms with Crippen molar-refractivity contribution in [3.05, 3.63) is 24.3 Å². The van der Waals surface area contributed by atoms with E-state index in [1.165, 1.54) is 12.1 Å². The third-order valence-electron chi connectivity index (χ3n) is 5.84. The van der Waals surface area contributed by atoms with Gasteiger partial charge in [-0.05, 0) is 30.9 Å². The highest BCUT2D eigenvalue weighted by molar-refractivity contribution is 14.0. The molecule has 0 bridgehead atoms. The summed E-state index contributed by atoms with van der Waals surface area (Å²) in [6.07, 6.45) is 2.88. The number of hydrogen-bond donors (Lipinski definition) is 1. The van der Waals surface area contributed by atoms with Gasteiger partial charge in [0.05, 0.1) is 7.11 Å². The van der Waals surface area contributed by atoms with Crippen LogP contribution < -0.4 is 15.0 Å². The van der Waals surface area contributed by atoms with Crippen LogP contribution in [0.3, 0.4) is 0 Å². The molecule has 168 valence electrons. The fourth-order valence-electron chi connectivity index (χ4n) is 4.17. The lowest BCUT2D eigenvalue weighted by molar-refractivity contribution is -0.132. The molecule has 7 nitrogen and oxygen atoms in total. The van der Waals surface area contributed by atoms with Crippen LogP contribution in [0.5, 0.6) is 5.75 Å². The van der Waals surface area contributed by atoms with Gasteiger partial charge in [-0.1, -0.05) is 13.0 Å². The molecule has 2 aliphatic heterocycles.